The summed E-state index contributed by atoms with van der Waals surface area (Å²) in [6.07, 6.45) is 5.51. The van der Waals surface area contributed by atoms with Crippen molar-refractivity contribution in [2.24, 2.45) is 0 Å². The zero-order valence-corrected chi connectivity index (χ0v) is 19.0. The first-order chi connectivity index (χ1) is 16.4. The van der Waals surface area contributed by atoms with Crippen molar-refractivity contribution in [3.05, 3.63) is 63.7 Å². The van der Waals surface area contributed by atoms with Crippen molar-refractivity contribution < 1.29 is 24.0 Å². The fourth-order valence-electron chi connectivity index (χ4n) is 3.78. The van der Waals surface area contributed by atoms with E-state index in [1.165, 1.54) is 42.8 Å². The van der Waals surface area contributed by atoms with Gasteiger partial charge in [-0.05, 0) is 50.1 Å². The maximum atomic E-state index is 12.9. The van der Waals surface area contributed by atoms with Crippen molar-refractivity contribution in [1.82, 2.24) is 5.32 Å². The summed E-state index contributed by atoms with van der Waals surface area (Å²) in [5.74, 6) is -1.46. The van der Waals surface area contributed by atoms with Crippen LogP contribution in [-0.2, 0) is 9.53 Å². The molecule has 34 heavy (non-hydrogen) atoms. The van der Waals surface area contributed by atoms with Crippen molar-refractivity contribution >= 4 is 34.8 Å². The number of benzene rings is 2. The number of esters is 1. The van der Waals surface area contributed by atoms with Crippen LogP contribution in [0.2, 0.25) is 0 Å². The molecule has 1 saturated carbocycles. The number of nitrogens with one attached hydrogen (secondary N) is 3. The van der Waals surface area contributed by atoms with Crippen LogP contribution in [-0.4, -0.2) is 41.9 Å². The zero-order valence-electron chi connectivity index (χ0n) is 19.0. The van der Waals surface area contributed by atoms with Gasteiger partial charge in [0.1, 0.15) is 0 Å². The Morgan fingerprint density at radius 3 is 2.38 bits per heavy atom. The molecule has 2 aromatic rings. The van der Waals surface area contributed by atoms with Gasteiger partial charge in [-0.25, -0.2) is 4.79 Å². The van der Waals surface area contributed by atoms with E-state index < -0.39 is 16.8 Å². The number of hydrogen-bond acceptors (Lipinski definition) is 7. The van der Waals surface area contributed by atoms with Crippen molar-refractivity contribution in [2.45, 2.75) is 45.1 Å². The molecule has 0 radical (unpaired) electrons. The molecule has 1 fully saturated rings. The molecule has 3 rings (SSSR count). The summed E-state index contributed by atoms with van der Waals surface area (Å²) in [5, 5.41) is 19.8. The van der Waals surface area contributed by atoms with Crippen LogP contribution in [0.1, 0.15) is 59.7 Å². The van der Waals surface area contributed by atoms with Crippen molar-refractivity contribution in [2.75, 3.05) is 23.8 Å². The number of nitro benzene ring substituents is 1. The molecule has 10 nitrogen and oxygen atoms in total. The number of non-ortho nitro benzene ring substituents is 1. The Morgan fingerprint density at radius 1 is 1.03 bits per heavy atom. The molecule has 10 heteroatoms. The molecule has 0 atom stereocenters. The number of nitro groups is 1. The molecule has 0 saturated heterocycles. The first-order valence-corrected chi connectivity index (χ1v) is 11.3. The molecule has 180 valence electrons. The smallest absolute Gasteiger partial charge is 0.338 e. The van der Waals surface area contributed by atoms with E-state index in [0.29, 0.717) is 11.3 Å². The number of ether oxygens (including phenoxy) is 1. The molecule has 0 aromatic heterocycles. The second-order valence-corrected chi connectivity index (χ2v) is 8.00. The Kier molecular flexibility index (Phi) is 8.69. The second kappa shape index (κ2) is 11.9. The van der Waals surface area contributed by atoms with Gasteiger partial charge in [-0.2, -0.15) is 0 Å². The summed E-state index contributed by atoms with van der Waals surface area (Å²) in [7, 11) is 0. The minimum atomic E-state index is -0.636. The van der Waals surface area contributed by atoms with Crippen LogP contribution >= 0.6 is 0 Å². The maximum absolute atomic E-state index is 12.9. The Bertz CT molecular complexity index is 1050. The van der Waals surface area contributed by atoms with Gasteiger partial charge in [0.25, 0.3) is 11.6 Å². The quantitative estimate of drug-likeness (QED) is 0.288. The number of anilines is 2. The van der Waals surface area contributed by atoms with E-state index in [0.717, 1.165) is 31.7 Å². The normalized spacial score (nSPS) is 13.7. The molecule has 2 amide bonds. The number of carbonyl (C=O) groups is 3. The predicted octanol–water partition coefficient (Wildman–Crippen LogP) is 3.88. The third-order valence-corrected chi connectivity index (χ3v) is 5.54. The number of hydrogen-bond donors (Lipinski definition) is 3. The molecule has 1 aliphatic rings. The summed E-state index contributed by atoms with van der Waals surface area (Å²) in [4.78, 5) is 47.8. The van der Waals surface area contributed by atoms with Gasteiger partial charge in [-0.3, -0.25) is 19.7 Å². The summed E-state index contributed by atoms with van der Waals surface area (Å²) >= 11 is 0. The van der Waals surface area contributed by atoms with E-state index in [9.17, 15) is 24.5 Å². The van der Waals surface area contributed by atoms with Crippen molar-refractivity contribution in [3.8, 4) is 0 Å². The Hall–Kier alpha value is -3.79. The van der Waals surface area contributed by atoms with Gasteiger partial charge in [0.2, 0.25) is 5.91 Å². The minimum absolute atomic E-state index is 0.0466. The predicted molar refractivity (Wildman–Crippen MR) is 127 cm³/mol. The van der Waals surface area contributed by atoms with Gasteiger partial charge in [0, 0.05) is 23.9 Å². The minimum Gasteiger partial charge on any atom is -0.462 e. The van der Waals surface area contributed by atoms with E-state index in [1.807, 2.05) is 0 Å². The van der Waals surface area contributed by atoms with Crippen LogP contribution in [0, 0.1) is 10.1 Å². The van der Waals surface area contributed by atoms with E-state index >= 15 is 0 Å². The lowest BCUT2D eigenvalue weighted by Gasteiger charge is -2.22. The van der Waals surface area contributed by atoms with Crippen LogP contribution in [0.15, 0.2) is 42.5 Å². The van der Waals surface area contributed by atoms with E-state index in [1.54, 1.807) is 6.92 Å². The first kappa shape index (κ1) is 24.8. The number of nitrogens with zero attached hydrogens (tertiary/aromatic N) is 1. The highest BCUT2D eigenvalue weighted by atomic mass is 16.6. The molecule has 0 spiro atoms. The third kappa shape index (κ3) is 6.85. The van der Waals surface area contributed by atoms with Gasteiger partial charge >= 0.3 is 5.97 Å². The molecular formula is C24H28N4O6. The van der Waals surface area contributed by atoms with E-state index in [4.69, 9.17) is 4.74 Å². The van der Waals surface area contributed by atoms with Gasteiger partial charge in [-0.15, -0.1) is 0 Å². The lowest BCUT2D eigenvalue weighted by molar-refractivity contribution is -0.384. The monoisotopic (exact) mass is 468 g/mol. The summed E-state index contributed by atoms with van der Waals surface area (Å²) in [6.45, 7) is 2.03. The SMILES string of the molecule is CCOC(=O)c1ccc(NC(=O)c2cc([N+](=O)[O-])ccc2NC(=O)CNC2CCCCC2)cc1. The largest absolute Gasteiger partial charge is 0.462 e. The highest BCUT2D eigenvalue weighted by Gasteiger charge is 2.20. The molecule has 0 heterocycles. The van der Waals surface area contributed by atoms with Crippen LogP contribution in [0.25, 0.3) is 0 Å². The lowest BCUT2D eigenvalue weighted by atomic mass is 9.95. The lowest BCUT2D eigenvalue weighted by Crippen LogP contribution is -2.37. The highest BCUT2D eigenvalue weighted by molar-refractivity contribution is 6.10. The van der Waals surface area contributed by atoms with E-state index in [2.05, 4.69) is 16.0 Å². The topological polar surface area (TPSA) is 140 Å². The molecule has 1 aliphatic carbocycles. The molecule has 2 aromatic carbocycles. The summed E-state index contributed by atoms with van der Waals surface area (Å²) < 4.78 is 4.93. The third-order valence-electron chi connectivity index (χ3n) is 5.54. The standard InChI is InChI=1S/C24H28N4O6/c1-2-34-24(31)16-8-10-18(11-9-16)26-23(30)20-14-19(28(32)33)12-13-21(20)27-22(29)15-25-17-6-4-3-5-7-17/h8-14,17,25H,2-7,15H2,1H3,(H,26,30)(H,27,29). The fourth-order valence-corrected chi connectivity index (χ4v) is 3.78. The fraction of sp³-hybridized carbons (Fsp3) is 0.375. The maximum Gasteiger partial charge on any atom is 0.338 e. The highest BCUT2D eigenvalue weighted by Crippen LogP contribution is 2.24. The van der Waals surface area contributed by atoms with Crippen LogP contribution in [0.5, 0.6) is 0 Å². The van der Waals surface area contributed by atoms with Crippen LogP contribution in [0.3, 0.4) is 0 Å². The first-order valence-electron chi connectivity index (χ1n) is 11.3. The van der Waals surface area contributed by atoms with Crippen LogP contribution < -0.4 is 16.0 Å². The van der Waals surface area contributed by atoms with Crippen LogP contribution in [0.4, 0.5) is 17.1 Å². The van der Waals surface area contributed by atoms with Crippen molar-refractivity contribution in [3.63, 3.8) is 0 Å². The summed E-state index contributed by atoms with van der Waals surface area (Å²) in [5.41, 5.74) is 0.548. The van der Waals surface area contributed by atoms with E-state index in [-0.39, 0.29) is 42.0 Å². The van der Waals surface area contributed by atoms with Gasteiger partial charge in [-0.1, -0.05) is 19.3 Å². The summed E-state index contributed by atoms with van der Waals surface area (Å²) in [6, 6.07) is 10.0. The number of rotatable bonds is 9. The second-order valence-electron chi connectivity index (χ2n) is 8.00. The average Bonchev–Trinajstić information content (AvgIpc) is 2.84. The Balaban J connectivity index is 1.71. The van der Waals surface area contributed by atoms with Crippen molar-refractivity contribution in [1.29, 1.82) is 0 Å². The average molecular weight is 469 g/mol. The molecular weight excluding hydrogens is 440 g/mol. The molecule has 0 bridgehead atoms. The molecule has 0 aliphatic heterocycles. The van der Waals surface area contributed by atoms with Gasteiger partial charge in [0.15, 0.2) is 0 Å². The number of amides is 2. The van der Waals surface area contributed by atoms with Gasteiger partial charge < -0.3 is 20.7 Å². The zero-order chi connectivity index (χ0) is 24.5. The Labute approximate surface area is 197 Å². The molecule has 3 N–H and O–H groups in total. The number of carbonyl (C=O) groups excluding carboxylic acids is 3. The van der Waals surface area contributed by atoms with Gasteiger partial charge in [0.05, 0.1) is 34.9 Å². The molecule has 0 unspecified atom stereocenters. The Morgan fingerprint density at radius 2 is 1.74 bits per heavy atom.